The number of aliphatic carboxylic acids is 1. The van der Waals surface area contributed by atoms with E-state index in [1.807, 2.05) is 58.3 Å². The van der Waals surface area contributed by atoms with Crippen LogP contribution >= 0.6 is 0 Å². The van der Waals surface area contributed by atoms with Crippen molar-refractivity contribution >= 4 is 5.97 Å². The molecule has 0 saturated heterocycles. The Morgan fingerprint density at radius 2 is 1.62 bits per heavy atom. The van der Waals surface area contributed by atoms with E-state index < -0.39 is 17.5 Å². The number of hydrogen-bond acceptors (Lipinski definition) is 4. The highest BCUT2D eigenvalue weighted by Gasteiger charge is 2.34. The Kier molecular flexibility index (Phi) is 10.9. The van der Waals surface area contributed by atoms with Gasteiger partial charge in [0.05, 0.1) is 11.5 Å². The Hall–Kier alpha value is -2.37. The Balaban J connectivity index is 0.000000323. The quantitative estimate of drug-likeness (QED) is 0.492. The number of benzene rings is 2. The number of carboxylic acid groups (broad SMARTS) is 1. The second-order valence-corrected chi connectivity index (χ2v) is 9.39. The maximum Gasteiger partial charge on any atom is 0.310 e. The van der Waals surface area contributed by atoms with Crippen molar-refractivity contribution in [3.63, 3.8) is 0 Å². The van der Waals surface area contributed by atoms with Crippen LogP contribution in [0.1, 0.15) is 63.6 Å². The summed E-state index contributed by atoms with van der Waals surface area (Å²) in [6.07, 6.45) is 1.67. The summed E-state index contributed by atoms with van der Waals surface area (Å²) in [5.74, 6) is -0.256. The number of hydrogen-bond donors (Lipinski definition) is 3. The van der Waals surface area contributed by atoms with E-state index in [0.717, 1.165) is 24.1 Å². The van der Waals surface area contributed by atoms with Crippen LogP contribution in [0.25, 0.3) is 0 Å². The van der Waals surface area contributed by atoms with E-state index in [2.05, 4.69) is 18.7 Å². The van der Waals surface area contributed by atoms with Crippen LogP contribution in [0.5, 0.6) is 5.75 Å². The molecule has 0 aliphatic rings. The van der Waals surface area contributed by atoms with Crippen molar-refractivity contribution in [2.75, 3.05) is 20.6 Å². The molecule has 0 heterocycles. The highest BCUT2D eigenvalue weighted by atomic mass is 16.4. The van der Waals surface area contributed by atoms with Crippen LogP contribution in [0.15, 0.2) is 48.5 Å². The summed E-state index contributed by atoms with van der Waals surface area (Å²) in [5.41, 5.74) is 2.04. The number of rotatable bonds is 9. The van der Waals surface area contributed by atoms with Crippen LogP contribution in [0.3, 0.4) is 0 Å². The number of carboxylic acids is 1. The summed E-state index contributed by atoms with van der Waals surface area (Å²) < 4.78 is 0. The molecule has 0 spiro atoms. The van der Waals surface area contributed by atoms with Gasteiger partial charge < -0.3 is 20.2 Å². The van der Waals surface area contributed by atoms with Crippen molar-refractivity contribution in [3.8, 4) is 5.75 Å². The first-order chi connectivity index (χ1) is 14.9. The molecule has 5 nitrogen and oxygen atoms in total. The van der Waals surface area contributed by atoms with E-state index in [4.69, 9.17) is 5.11 Å². The molecule has 1 unspecified atom stereocenters. The van der Waals surface area contributed by atoms with Crippen LogP contribution in [-0.4, -0.2) is 46.8 Å². The molecule has 2 aromatic carbocycles. The Bertz CT molecular complexity index is 832. The van der Waals surface area contributed by atoms with Gasteiger partial charge in [0, 0.05) is 12.5 Å². The number of carbonyl (C=O) groups is 1. The maximum absolute atomic E-state index is 10.8. The number of phenolic OH excluding ortho intramolecular Hbond substituents is 1. The molecule has 178 valence electrons. The number of aromatic hydroxyl groups is 1. The number of nitrogens with zero attached hydrogens (tertiary/aromatic N) is 1. The molecule has 2 aromatic rings. The monoisotopic (exact) mass is 443 g/mol. The fourth-order valence-electron chi connectivity index (χ4n) is 3.87. The van der Waals surface area contributed by atoms with Crippen molar-refractivity contribution in [1.29, 1.82) is 0 Å². The van der Waals surface area contributed by atoms with E-state index in [1.165, 1.54) is 5.56 Å². The summed E-state index contributed by atoms with van der Waals surface area (Å²) in [6.45, 7) is 10.9. The first-order valence-electron chi connectivity index (χ1n) is 11.4. The molecular weight excluding hydrogens is 402 g/mol. The molecule has 0 fully saturated rings. The van der Waals surface area contributed by atoms with Gasteiger partial charge in [0.2, 0.25) is 0 Å². The molecule has 2 rings (SSSR count). The summed E-state index contributed by atoms with van der Waals surface area (Å²) in [4.78, 5) is 12.8. The summed E-state index contributed by atoms with van der Waals surface area (Å²) in [7, 11) is 3.99. The molecule has 0 aliphatic heterocycles. The van der Waals surface area contributed by atoms with Gasteiger partial charge in [-0.2, -0.15) is 0 Å². The smallest absolute Gasteiger partial charge is 0.310 e. The van der Waals surface area contributed by atoms with Gasteiger partial charge in [0.1, 0.15) is 5.75 Å². The van der Waals surface area contributed by atoms with Crippen molar-refractivity contribution in [1.82, 2.24) is 4.90 Å². The minimum atomic E-state index is -0.886. The molecular formula is C27H41NO4. The lowest BCUT2D eigenvalue weighted by atomic mass is 9.80. The molecule has 0 radical (unpaired) electrons. The van der Waals surface area contributed by atoms with E-state index in [1.54, 1.807) is 25.1 Å². The number of phenols is 1. The number of aliphatic hydroxyl groups is 1. The average Bonchev–Trinajstić information content (AvgIpc) is 2.72. The predicted octanol–water partition coefficient (Wildman–Crippen LogP) is 5.26. The molecule has 0 bridgehead atoms. The fraction of sp³-hybridized carbons (Fsp3) is 0.519. The van der Waals surface area contributed by atoms with Crippen molar-refractivity contribution in [3.05, 3.63) is 65.2 Å². The Labute approximate surface area is 193 Å². The fourth-order valence-corrected chi connectivity index (χ4v) is 3.87. The van der Waals surface area contributed by atoms with Crippen LogP contribution in [0.2, 0.25) is 0 Å². The molecule has 3 atom stereocenters. The van der Waals surface area contributed by atoms with Crippen molar-refractivity contribution < 1.29 is 20.1 Å². The topological polar surface area (TPSA) is 81.0 Å². The zero-order valence-corrected chi connectivity index (χ0v) is 20.7. The molecule has 0 amide bonds. The third-order valence-corrected chi connectivity index (χ3v) is 5.83. The second-order valence-electron chi connectivity index (χ2n) is 9.39. The normalized spacial score (nSPS) is 14.9. The maximum atomic E-state index is 10.8. The molecule has 0 aromatic heterocycles. The van der Waals surface area contributed by atoms with Gasteiger partial charge in [-0.15, -0.1) is 0 Å². The first kappa shape index (κ1) is 27.7. The van der Waals surface area contributed by atoms with Gasteiger partial charge >= 0.3 is 5.97 Å². The zero-order valence-electron chi connectivity index (χ0n) is 20.7. The predicted molar refractivity (Wildman–Crippen MR) is 131 cm³/mol. The second kappa shape index (κ2) is 12.6. The van der Waals surface area contributed by atoms with Gasteiger partial charge in [0.25, 0.3) is 0 Å². The van der Waals surface area contributed by atoms with Crippen molar-refractivity contribution in [2.45, 2.75) is 59.0 Å². The van der Waals surface area contributed by atoms with Crippen molar-refractivity contribution in [2.24, 2.45) is 11.8 Å². The molecule has 0 aliphatic carbocycles. The van der Waals surface area contributed by atoms with Gasteiger partial charge in [-0.05, 0) is 68.6 Å². The highest BCUT2D eigenvalue weighted by Crippen LogP contribution is 2.34. The van der Waals surface area contributed by atoms with Crippen LogP contribution in [0, 0.1) is 11.8 Å². The molecule has 3 N–H and O–H groups in total. The van der Waals surface area contributed by atoms with E-state index in [9.17, 15) is 15.0 Å². The lowest BCUT2D eigenvalue weighted by Crippen LogP contribution is -2.38. The van der Waals surface area contributed by atoms with Gasteiger partial charge in [-0.25, -0.2) is 0 Å². The van der Waals surface area contributed by atoms with Crippen LogP contribution < -0.4 is 0 Å². The zero-order chi connectivity index (χ0) is 24.5. The lowest BCUT2D eigenvalue weighted by Gasteiger charge is -2.35. The van der Waals surface area contributed by atoms with E-state index >= 15 is 0 Å². The van der Waals surface area contributed by atoms with Crippen LogP contribution in [-0.2, 0) is 16.8 Å². The van der Waals surface area contributed by atoms with E-state index in [0.29, 0.717) is 12.3 Å². The third kappa shape index (κ3) is 8.29. The minimum Gasteiger partial charge on any atom is -0.508 e. The summed E-state index contributed by atoms with van der Waals surface area (Å²) >= 11 is 0. The lowest BCUT2D eigenvalue weighted by molar-refractivity contribution is -0.138. The third-order valence-electron chi connectivity index (χ3n) is 5.83. The standard InChI is InChI=1S/C14H23NO2.C13H18O2/c1-5-14(17,11(2)10-15(3)4)12-7-6-8-13(16)9-12;1-9(2)8-11-4-6-12(7-5-11)10(3)13(14)15/h6-9,11,16-17H,5,10H2,1-4H3;4-7,9-10H,8H2,1-3H3,(H,14,15)/t11-,14-;/m1./s1. The summed E-state index contributed by atoms with van der Waals surface area (Å²) in [6, 6.07) is 14.8. The Morgan fingerprint density at radius 1 is 1.03 bits per heavy atom. The van der Waals surface area contributed by atoms with Gasteiger partial charge in [-0.3, -0.25) is 4.79 Å². The SMILES string of the molecule is CC(C)Cc1ccc(C(C)C(=O)O)cc1.CC[C@](O)(c1cccc(O)c1)[C@H](C)CN(C)C. The first-order valence-corrected chi connectivity index (χ1v) is 11.4. The minimum absolute atomic E-state index is 0.101. The largest absolute Gasteiger partial charge is 0.508 e. The van der Waals surface area contributed by atoms with Crippen LogP contribution in [0.4, 0.5) is 0 Å². The summed E-state index contributed by atoms with van der Waals surface area (Å²) in [5, 5.41) is 29.2. The van der Waals surface area contributed by atoms with E-state index in [-0.39, 0.29) is 11.7 Å². The average molecular weight is 444 g/mol. The van der Waals surface area contributed by atoms with Gasteiger partial charge in [-0.1, -0.05) is 64.1 Å². The molecule has 5 heteroatoms. The Morgan fingerprint density at radius 3 is 2.06 bits per heavy atom. The molecule has 32 heavy (non-hydrogen) atoms. The van der Waals surface area contributed by atoms with Gasteiger partial charge in [0.15, 0.2) is 0 Å². The highest BCUT2D eigenvalue weighted by molar-refractivity contribution is 5.75. The molecule has 0 saturated carbocycles.